The van der Waals surface area contributed by atoms with E-state index in [-0.39, 0.29) is 1.43 Å². The highest BCUT2D eigenvalue weighted by Crippen LogP contribution is 2.56. The Labute approximate surface area is 52.2 Å². The maximum Gasteiger partial charge on any atom is 0.00356 e. The first-order valence-corrected chi connectivity index (χ1v) is 3.39. The number of hydrogen-bond acceptors (Lipinski definition) is 1. The molecule has 1 aliphatic heterocycles. The van der Waals surface area contributed by atoms with Crippen LogP contribution in [-0.4, -0.2) is 25.0 Å². The maximum atomic E-state index is 2.44. The summed E-state index contributed by atoms with van der Waals surface area (Å²) in [6.07, 6.45) is 1.50. The van der Waals surface area contributed by atoms with Gasteiger partial charge in [-0.15, -0.1) is 0 Å². The van der Waals surface area contributed by atoms with Crippen LogP contribution in [0.15, 0.2) is 0 Å². The molecule has 0 amide bonds. The van der Waals surface area contributed by atoms with Gasteiger partial charge in [-0.25, -0.2) is 0 Å². The van der Waals surface area contributed by atoms with Crippen LogP contribution in [0, 0.1) is 11.3 Å². The summed E-state index contributed by atoms with van der Waals surface area (Å²) in [6.45, 7) is 5.11. The van der Waals surface area contributed by atoms with Crippen LogP contribution in [0.3, 0.4) is 0 Å². The zero-order valence-corrected chi connectivity index (χ0v) is 5.65. The largest absolute Gasteiger partial charge is 0.306 e. The first-order valence-electron chi connectivity index (χ1n) is 3.39. The highest BCUT2D eigenvalue weighted by Gasteiger charge is 2.54. The van der Waals surface area contributed by atoms with Crippen LogP contribution in [0.2, 0.25) is 0 Å². The van der Waals surface area contributed by atoms with Gasteiger partial charge < -0.3 is 4.90 Å². The molecule has 8 heavy (non-hydrogen) atoms. The van der Waals surface area contributed by atoms with E-state index in [0.717, 1.165) is 11.3 Å². The molecule has 0 bridgehead atoms. The fraction of sp³-hybridized carbons (Fsp3) is 1.00. The molecule has 1 saturated carbocycles. The maximum absolute atomic E-state index is 2.44. The summed E-state index contributed by atoms with van der Waals surface area (Å²) in [7, 11) is 2.22. The van der Waals surface area contributed by atoms with E-state index in [2.05, 4.69) is 18.9 Å². The zero-order chi connectivity index (χ0) is 5.78. The molecular formula is C7H15N. The fourth-order valence-corrected chi connectivity index (χ4v) is 2.04. The minimum atomic E-state index is 0. The summed E-state index contributed by atoms with van der Waals surface area (Å²) < 4.78 is 0. The van der Waals surface area contributed by atoms with Crippen molar-refractivity contribution in [2.24, 2.45) is 11.3 Å². The van der Waals surface area contributed by atoms with Gasteiger partial charge in [0.2, 0.25) is 0 Å². The fourth-order valence-electron chi connectivity index (χ4n) is 2.04. The van der Waals surface area contributed by atoms with Gasteiger partial charge in [-0.3, -0.25) is 0 Å². The van der Waals surface area contributed by atoms with Gasteiger partial charge in [0.05, 0.1) is 0 Å². The number of fused-ring (bicyclic) bond motifs is 1. The minimum absolute atomic E-state index is 0. The van der Waals surface area contributed by atoms with Crippen LogP contribution in [0.5, 0.6) is 0 Å². The predicted molar refractivity (Wildman–Crippen MR) is 35.8 cm³/mol. The standard InChI is InChI=1S/C7H13N.H2/c1-7-3-6(7)4-8(2)5-7;/h6H,3-5H2,1-2H3;1H. The Balaban J connectivity index is 0.000000405. The van der Waals surface area contributed by atoms with E-state index in [4.69, 9.17) is 0 Å². The zero-order valence-electron chi connectivity index (χ0n) is 5.65. The summed E-state index contributed by atoms with van der Waals surface area (Å²) >= 11 is 0. The van der Waals surface area contributed by atoms with Crippen LogP contribution < -0.4 is 0 Å². The predicted octanol–water partition coefficient (Wildman–Crippen LogP) is 1.20. The average molecular weight is 113 g/mol. The van der Waals surface area contributed by atoms with E-state index in [0.29, 0.717) is 0 Å². The molecule has 1 saturated heterocycles. The van der Waals surface area contributed by atoms with Crippen molar-refractivity contribution in [3.05, 3.63) is 0 Å². The topological polar surface area (TPSA) is 3.24 Å². The van der Waals surface area contributed by atoms with E-state index in [1.165, 1.54) is 19.5 Å². The van der Waals surface area contributed by atoms with Crippen LogP contribution in [-0.2, 0) is 0 Å². The number of likely N-dealkylation sites (tertiary alicyclic amines) is 1. The van der Waals surface area contributed by atoms with Gasteiger partial charge >= 0.3 is 0 Å². The molecule has 1 heterocycles. The van der Waals surface area contributed by atoms with E-state index in [9.17, 15) is 0 Å². The molecule has 48 valence electrons. The lowest BCUT2D eigenvalue weighted by Gasteiger charge is -2.10. The second-order valence-corrected chi connectivity index (χ2v) is 3.75. The van der Waals surface area contributed by atoms with Crippen molar-refractivity contribution in [2.75, 3.05) is 20.1 Å². The Bertz CT molecular complexity index is 126. The van der Waals surface area contributed by atoms with Crippen LogP contribution in [0.1, 0.15) is 14.8 Å². The molecule has 2 rings (SSSR count). The molecule has 2 unspecified atom stereocenters. The van der Waals surface area contributed by atoms with Gasteiger partial charge in [-0.1, -0.05) is 6.92 Å². The molecule has 0 spiro atoms. The third kappa shape index (κ3) is 0.455. The molecule has 0 radical (unpaired) electrons. The Kier molecular flexibility index (Phi) is 0.663. The molecule has 2 atom stereocenters. The number of nitrogens with zero attached hydrogens (tertiary/aromatic N) is 1. The highest BCUT2D eigenvalue weighted by atomic mass is 15.2. The quantitative estimate of drug-likeness (QED) is 0.456. The van der Waals surface area contributed by atoms with Gasteiger partial charge in [0.1, 0.15) is 0 Å². The van der Waals surface area contributed by atoms with Crippen molar-refractivity contribution in [3.8, 4) is 0 Å². The molecule has 1 heteroatoms. The van der Waals surface area contributed by atoms with Gasteiger partial charge in [-0.05, 0) is 24.8 Å². The lowest BCUT2D eigenvalue weighted by Crippen LogP contribution is -2.18. The van der Waals surface area contributed by atoms with E-state index >= 15 is 0 Å². The SMILES string of the molecule is CN1CC2CC2(C)C1.[HH]. The third-order valence-corrected chi connectivity index (χ3v) is 2.70. The second kappa shape index (κ2) is 1.10. The summed E-state index contributed by atoms with van der Waals surface area (Å²) in [6, 6.07) is 0. The average Bonchev–Trinajstić information content (AvgIpc) is 2.07. The second-order valence-electron chi connectivity index (χ2n) is 3.75. The first kappa shape index (κ1) is 4.80. The smallest absolute Gasteiger partial charge is 0.00356 e. The van der Waals surface area contributed by atoms with Crippen LogP contribution >= 0.6 is 0 Å². The number of rotatable bonds is 0. The first-order chi connectivity index (χ1) is 3.71. The summed E-state index contributed by atoms with van der Waals surface area (Å²) in [5.41, 5.74) is 0.759. The molecule has 0 aromatic heterocycles. The van der Waals surface area contributed by atoms with Crippen molar-refractivity contribution < 1.29 is 1.43 Å². The number of hydrogen-bond donors (Lipinski definition) is 0. The monoisotopic (exact) mass is 113 g/mol. The van der Waals surface area contributed by atoms with Crippen LogP contribution in [0.25, 0.3) is 0 Å². The van der Waals surface area contributed by atoms with E-state index < -0.39 is 0 Å². The Morgan fingerprint density at radius 1 is 1.75 bits per heavy atom. The Morgan fingerprint density at radius 3 is 2.75 bits per heavy atom. The van der Waals surface area contributed by atoms with Gasteiger partial charge in [0.25, 0.3) is 0 Å². The minimum Gasteiger partial charge on any atom is -0.306 e. The van der Waals surface area contributed by atoms with E-state index in [1.807, 2.05) is 0 Å². The lowest BCUT2D eigenvalue weighted by atomic mass is 10.1. The van der Waals surface area contributed by atoms with Crippen molar-refractivity contribution in [1.29, 1.82) is 0 Å². The Hall–Kier alpha value is -0.0400. The lowest BCUT2D eigenvalue weighted by molar-refractivity contribution is 0.346. The third-order valence-electron chi connectivity index (χ3n) is 2.70. The van der Waals surface area contributed by atoms with Gasteiger partial charge in [0.15, 0.2) is 0 Å². The molecule has 0 N–H and O–H groups in total. The van der Waals surface area contributed by atoms with Crippen molar-refractivity contribution in [2.45, 2.75) is 13.3 Å². The van der Waals surface area contributed by atoms with Gasteiger partial charge in [0, 0.05) is 14.5 Å². The number of piperidine rings is 1. The van der Waals surface area contributed by atoms with Crippen molar-refractivity contribution >= 4 is 0 Å². The highest BCUT2D eigenvalue weighted by molar-refractivity contribution is 5.06. The molecule has 1 aliphatic carbocycles. The molecule has 0 aromatic rings. The summed E-state index contributed by atoms with van der Waals surface area (Å²) in [4.78, 5) is 2.44. The van der Waals surface area contributed by atoms with Crippen molar-refractivity contribution in [3.63, 3.8) is 0 Å². The summed E-state index contributed by atoms with van der Waals surface area (Å²) in [5.74, 6) is 1.06. The Morgan fingerprint density at radius 2 is 2.50 bits per heavy atom. The van der Waals surface area contributed by atoms with Crippen molar-refractivity contribution in [1.82, 2.24) is 4.90 Å². The molecule has 0 aromatic carbocycles. The summed E-state index contributed by atoms with van der Waals surface area (Å²) in [5, 5.41) is 0. The van der Waals surface area contributed by atoms with Gasteiger partial charge in [-0.2, -0.15) is 0 Å². The molecular weight excluding hydrogens is 98.1 g/mol. The molecule has 2 aliphatic rings. The normalized spacial score (nSPS) is 54.0. The van der Waals surface area contributed by atoms with E-state index in [1.54, 1.807) is 0 Å². The molecule has 1 nitrogen and oxygen atoms in total. The van der Waals surface area contributed by atoms with Crippen LogP contribution in [0.4, 0.5) is 0 Å². The molecule has 2 fully saturated rings.